The Morgan fingerprint density at radius 2 is 1.92 bits per heavy atom. The van der Waals surface area contributed by atoms with Crippen LogP contribution in [0.4, 0.5) is 0 Å². The topological polar surface area (TPSA) is 0 Å². The maximum absolute atomic E-state index is 2.31. The third-order valence-corrected chi connectivity index (χ3v) is 2.75. The van der Waals surface area contributed by atoms with Crippen molar-refractivity contribution in [3.8, 4) is 0 Å². The fourth-order valence-electron chi connectivity index (χ4n) is 1.81. The van der Waals surface area contributed by atoms with Crippen LogP contribution in [-0.2, 0) is 0 Å². The van der Waals surface area contributed by atoms with Crippen molar-refractivity contribution in [3.05, 3.63) is 23.3 Å². The summed E-state index contributed by atoms with van der Waals surface area (Å²) >= 11 is 0. The number of rotatable bonds is 0. The summed E-state index contributed by atoms with van der Waals surface area (Å²) in [4.78, 5) is 0. The van der Waals surface area contributed by atoms with Gasteiger partial charge in [0.05, 0.1) is 0 Å². The molecule has 1 aliphatic carbocycles. The van der Waals surface area contributed by atoms with Crippen molar-refractivity contribution in [2.45, 2.75) is 41.0 Å². The van der Waals surface area contributed by atoms with Gasteiger partial charge in [0, 0.05) is 0 Å². The fourth-order valence-corrected chi connectivity index (χ4v) is 1.81. The molecule has 0 saturated carbocycles. The van der Waals surface area contributed by atoms with Gasteiger partial charge in [-0.1, -0.05) is 45.4 Å². The zero-order valence-electron chi connectivity index (χ0n) is 8.94. The van der Waals surface area contributed by atoms with Crippen LogP contribution in [0.3, 0.4) is 0 Å². The molecule has 0 heterocycles. The van der Waals surface area contributed by atoms with E-state index in [4.69, 9.17) is 0 Å². The third-order valence-electron chi connectivity index (χ3n) is 2.75. The molecule has 0 aliphatic heterocycles. The average molecular weight is 164 g/mol. The summed E-state index contributed by atoms with van der Waals surface area (Å²) in [7, 11) is 0. The van der Waals surface area contributed by atoms with E-state index < -0.39 is 0 Å². The van der Waals surface area contributed by atoms with Crippen LogP contribution in [-0.4, -0.2) is 0 Å². The average Bonchev–Trinajstić information content (AvgIpc) is 1.92. The van der Waals surface area contributed by atoms with Crippen LogP contribution in [0.1, 0.15) is 41.0 Å². The zero-order valence-corrected chi connectivity index (χ0v) is 8.94. The van der Waals surface area contributed by atoms with E-state index in [1.165, 1.54) is 12.0 Å². The van der Waals surface area contributed by atoms with Crippen LogP contribution in [0.15, 0.2) is 23.3 Å². The normalized spacial score (nSPS) is 24.9. The highest BCUT2D eigenvalue weighted by Crippen LogP contribution is 2.35. The van der Waals surface area contributed by atoms with Gasteiger partial charge in [0.1, 0.15) is 0 Å². The first-order chi connectivity index (χ1) is 5.43. The lowest BCUT2D eigenvalue weighted by atomic mass is 9.77. The summed E-state index contributed by atoms with van der Waals surface area (Å²) in [6.45, 7) is 11.4. The first-order valence-electron chi connectivity index (χ1n) is 4.80. The third kappa shape index (κ3) is 1.80. The molecule has 68 valence electrons. The molecule has 0 radical (unpaired) electrons. The van der Waals surface area contributed by atoms with Gasteiger partial charge in [0.2, 0.25) is 0 Å². The Morgan fingerprint density at radius 3 is 2.33 bits per heavy atom. The van der Waals surface area contributed by atoms with E-state index in [2.05, 4.69) is 46.8 Å². The highest BCUT2D eigenvalue weighted by Gasteiger charge is 2.21. The molecule has 1 rings (SSSR count). The Labute approximate surface area is 76.4 Å². The summed E-state index contributed by atoms with van der Waals surface area (Å²) in [6, 6.07) is 0. The Kier molecular flexibility index (Phi) is 2.46. The predicted molar refractivity (Wildman–Crippen MR) is 55.1 cm³/mol. The molecule has 1 unspecified atom stereocenters. The van der Waals surface area contributed by atoms with Gasteiger partial charge in [-0.3, -0.25) is 0 Å². The largest absolute Gasteiger partial charge is 0.0837 e. The molecule has 0 aromatic carbocycles. The van der Waals surface area contributed by atoms with Crippen LogP contribution in [0.5, 0.6) is 0 Å². The Balaban J connectivity index is 3.02. The number of hydrogen-bond acceptors (Lipinski definition) is 0. The van der Waals surface area contributed by atoms with E-state index in [1.54, 1.807) is 5.57 Å². The molecule has 0 N–H and O–H groups in total. The Bertz CT molecular complexity index is 223. The second-order valence-electron chi connectivity index (χ2n) is 4.89. The van der Waals surface area contributed by atoms with Crippen molar-refractivity contribution in [3.63, 3.8) is 0 Å². The summed E-state index contributed by atoms with van der Waals surface area (Å²) in [6.07, 6.45) is 5.82. The molecule has 0 bridgehead atoms. The second kappa shape index (κ2) is 3.08. The SMILES string of the molecule is CC1=C(C(C)(C)C)C=CCC1C. The van der Waals surface area contributed by atoms with Crippen LogP contribution in [0.25, 0.3) is 0 Å². The number of hydrogen-bond donors (Lipinski definition) is 0. The van der Waals surface area contributed by atoms with Crippen molar-refractivity contribution < 1.29 is 0 Å². The minimum atomic E-state index is 0.315. The first-order valence-corrected chi connectivity index (χ1v) is 4.80. The molecule has 12 heavy (non-hydrogen) atoms. The fraction of sp³-hybridized carbons (Fsp3) is 0.667. The van der Waals surface area contributed by atoms with Crippen molar-refractivity contribution in [2.75, 3.05) is 0 Å². The lowest BCUT2D eigenvalue weighted by Crippen LogP contribution is -2.14. The van der Waals surface area contributed by atoms with Crippen LogP contribution < -0.4 is 0 Å². The highest BCUT2D eigenvalue weighted by molar-refractivity contribution is 5.34. The molecule has 0 aromatic rings. The Hall–Kier alpha value is -0.520. The molecule has 0 spiro atoms. The van der Waals surface area contributed by atoms with Crippen LogP contribution >= 0.6 is 0 Å². The smallest absolute Gasteiger partial charge is 0.0132 e. The Morgan fingerprint density at radius 1 is 1.33 bits per heavy atom. The monoisotopic (exact) mass is 164 g/mol. The molecule has 1 aliphatic rings. The molecule has 0 fully saturated rings. The van der Waals surface area contributed by atoms with Crippen molar-refractivity contribution in [1.29, 1.82) is 0 Å². The molecule has 0 aromatic heterocycles. The van der Waals surface area contributed by atoms with Gasteiger partial charge in [0.15, 0.2) is 0 Å². The van der Waals surface area contributed by atoms with E-state index in [0.29, 0.717) is 5.41 Å². The summed E-state index contributed by atoms with van der Waals surface area (Å²) < 4.78 is 0. The molecule has 0 heteroatoms. The molecular formula is C12H20. The first kappa shape index (κ1) is 9.57. The predicted octanol–water partition coefficient (Wildman–Crippen LogP) is 3.95. The minimum absolute atomic E-state index is 0.315. The number of allylic oxidation sites excluding steroid dienone is 4. The van der Waals surface area contributed by atoms with Gasteiger partial charge in [-0.05, 0) is 30.3 Å². The van der Waals surface area contributed by atoms with E-state index in [-0.39, 0.29) is 0 Å². The molecule has 0 saturated heterocycles. The molecule has 0 nitrogen and oxygen atoms in total. The van der Waals surface area contributed by atoms with Crippen LogP contribution in [0, 0.1) is 11.3 Å². The molecule has 1 atom stereocenters. The van der Waals surface area contributed by atoms with E-state index >= 15 is 0 Å². The molecular weight excluding hydrogens is 144 g/mol. The highest BCUT2D eigenvalue weighted by atomic mass is 14.3. The summed E-state index contributed by atoms with van der Waals surface area (Å²) in [5.74, 6) is 0.740. The van der Waals surface area contributed by atoms with Crippen molar-refractivity contribution >= 4 is 0 Å². The standard InChI is InChI=1S/C12H20/c1-9-7-6-8-11(10(9)2)12(3,4)5/h6,8-9H,7H2,1-5H3. The lowest BCUT2D eigenvalue weighted by Gasteiger charge is -2.28. The van der Waals surface area contributed by atoms with Gasteiger partial charge < -0.3 is 0 Å². The molecule has 0 amide bonds. The van der Waals surface area contributed by atoms with Gasteiger partial charge in [-0.15, -0.1) is 0 Å². The van der Waals surface area contributed by atoms with E-state index in [1.807, 2.05) is 0 Å². The maximum Gasteiger partial charge on any atom is -0.0132 e. The van der Waals surface area contributed by atoms with Crippen molar-refractivity contribution in [2.24, 2.45) is 11.3 Å². The maximum atomic E-state index is 2.31. The minimum Gasteiger partial charge on any atom is -0.0837 e. The second-order valence-corrected chi connectivity index (χ2v) is 4.89. The van der Waals surface area contributed by atoms with Gasteiger partial charge in [-0.25, -0.2) is 0 Å². The zero-order chi connectivity index (χ0) is 9.35. The van der Waals surface area contributed by atoms with Gasteiger partial charge in [-0.2, -0.15) is 0 Å². The quantitative estimate of drug-likeness (QED) is 0.508. The van der Waals surface area contributed by atoms with Gasteiger partial charge >= 0.3 is 0 Å². The summed E-state index contributed by atoms with van der Waals surface area (Å²) in [5.41, 5.74) is 3.42. The van der Waals surface area contributed by atoms with Gasteiger partial charge in [0.25, 0.3) is 0 Å². The lowest BCUT2D eigenvalue weighted by molar-refractivity contribution is 0.493. The van der Waals surface area contributed by atoms with E-state index in [9.17, 15) is 0 Å². The van der Waals surface area contributed by atoms with E-state index in [0.717, 1.165) is 5.92 Å². The summed E-state index contributed by atoms with van der Waals surface area (Å²) in [5, 5.41) is 0. The van der Waals surface area contributed by atoms with Crippen LogP contribution in [0.2, 0.25) is 0 Å². The van der Waals surface area contributed by atoms with Crippen molar-refractivity contribution in [1.82, 2.24) is 0 Å².